The fraction of sp³-hybridized carbons (Fsp3) is 0.143. The van der Waals surface area contributed by atoms with Crippen molar-refractivity contribution in [1.82, 2.24) is 0 Å². The van der Waals surface area contributed by atoms with Crippen molar-refractivity contribution in [3.05, 3.63) is 131 Å². The van der Waals surface area contributed by atoms with Crippen molar-refractivity contribution in [2.24, 2.45) is 0 Å². The van der Waals surface area contributed by atoms with Crippen LogP contribution in [0.15, 0.2) is 109 Å². The van der Waals surface area contributed by atoms with Gasteiger partial charge in [-0.15, -0.1) is 0 Å². The lowest BCUT2D eigenvalue weighted by atomic mass is 9.83. The molecule has 0 nitrogen and oxygen atoms in total. The van der Waals surface area contributed by atoms with Gasteiger partial charge < -0.3 is 0 Å². The molecule has 28 heavy (non-hydrogen) atoms. The smallest absolute Gasteiger partial charge is 0.0102 e. The summed E-state index contributed by atoms with van der Waals surface area (Å²) < 4.78 is 0. The van der Waals surface area contributed by atoms with Crippen molar-refractivity contribution in [1.29, 1.82) is 0 Å². The minimum absolute atomic E-state index is 0.433. The van der Waals surface area contributed by atoms with Crippen molar-refractivity contribution in [3.8, 4) is 11.1 Å². The van der Waals surface area contributed by atoms with Crippen LogP contribution in [0.2, 0.25) is 0 Å². The van der Waals surface area contributed by atoms with E-state index in [0.29, 0.717) is 11.8 Å². The predicted molar refractivity (Wildman–Crippen MR) is 118 cm³/mol. The molecule has 0 saturated carbocycles. The van der Waals surface area contributed by atoms with Gasteiger partial charge in [0, 0.05) is 11.8 Å². The molecule has 0 unspecified atom stereocenters. The lowest BCUT2D eigenvalue weighted by Crippen LogP contribution is -2.05. The number of fused-ring (bicyclic) bond motifs is 3. The van der Waals surface area contributed by atoms with Gasteiger partial charge in [-0.3, -0.25) is 0 Å². The molecule has 5 rings (SSSR count). The summed E-state index contributed by atoms with van der Waals surface area (Å²) in [6.45, 7) is 0. The molecule has 1 aliphatic carbocycles. The van der Waals surface area contributed by atoms with Crippen molar-refractivity contribution in [2.75, 3.05) is 0 Å². The summed E-state index contributed by atoms with van der Waals surface area (Å²) in [7, 11) is 0. The first-order chi connectivity index (χ1) is 13.9. The molecule has 136 valence electrons. The Morgan fingerprint density at radius 1 is 0.500 bits per heavy atom. The summed E-state index contributed by atoms with van der Waals surface area (Å²) in [5, 5.41) is 0. The molecule has 0 N–H and O–H groups in total. The molecule has 4 aromatic carbocycles. The van der Waals surface area contributed by atoms with Crippen LogP contribution in [0.4, 0.5) is 0 Å². The monoisotopic (exact) mass is 360 g/mol. The lowest BCUT2D eigenvalue weighted by Gasteiger charge is -2.21. The molecule has 4 aromatic rings. The van der Waals surface area contributed by atoms with Crippen molar-refractivity contribution < 1.29 is 0 Å². The Hall–Kier alpha value is -3.12. The fourth-order valence-electron chi connectivity index (χ4n) is 4.80. The Morgan fingerprint density at radius 2 is 0.929 bits per heavy atom. The number of hydrogen-bond acceptors (Lipinski definition) is 0. The van der Waals surface area contributed by atoms with Gasteiger partial charge in [-0.1, -0.05) is 109 Å². The van der Waals surface area contributed by atoms with Gasteiger partial charge in [0.1, 0.15) is 0 Å². The van der Waals surface area contributed by atoms with Crippen LogP contribution in [-0.4, -0.2) is 0 Å². The molecule has 0 aromatic heterocycles. The highest BCUT2D eigenvalue weighted by Gasteiger charge is 2.28. The Balaban J connectivity index is 1.49. The molecule has 0 radical (unpaired) electrons. The summed E-state index contributed by atoms with van der Waals surface area (Å²) in [5.74, 6) is 0.921. The number of benzene rings is 4. The third-order valence-corrected chi connectivity index (χ3v) is 6.11. The summed E-state index contributed by atoms with van der Waals surface area (Å²) in [6, 6.07) is 39.8. The maximum absolute atomic E-state index is 2.32. The van der Waals surface area contributed by atoms with Gasteiger partial charge in [-0.05, 0) is 46.2 Å². The summed E-state index contributed by atoms with van der Waals surface area (Å²) in [4.78, 5) is 0. The normalized spacial score (nSPS) is 12.8. The molecule has 0 fully saturated rings. The maximum atomic E-state index is 2.32. The van der Waals surface area contributed by atoms with E-state index in [0.717, 1.165) is 12.8 Å². The van der Waals surface area contributed by atoms with Crippen LogP contribution < -0.4 is 0 Å². The molecule has 0 saturated heterocycles. The van der Waals surface area contributed by atoms with E-state index in [1.165, 1.54) is 33.4 Å². The molecular formula is C28H24. The molecule has 0 atom stereocenters. The van der Waals surface area contributed by atoms with E-state index in [9.17, 15) is 0 Å². The number of hydrogen-bond donors (Lipinski definition) is 0. The van der Waals surface area contributed by atoms with Crippen LogP contribution >= 0.6 is 0 Å². The summed E-state index contributed by atoms with van der Waals surface area (Å²) >= 11 is 0. The summed E-state index contributed by atoms with van der Waals surface area (Å²) in [6.07, 6.45) is 2.30. The average Bonchev–Trinajstić information content (AvgIpc) is 3.10. The first-order valence-electron chi connectivity index (χ1n) is 10.2. The molecular weight excluding hydrogens is 336 g/mol. The molecule has 0 heterocycles. The average molecular weight is 361 g/mol. The Labute approximate surface area is 167 Å². The predicted octanol–water partition coefficient (Wildman–Crippen LogP) is 7.41. The Kier molecular flexibility index (Phi) is 4.54. The largest absolute Gasteiger partial charge is 0.0622 e. The second-order valence-corrected chi connectivity index (χ2v) is 7.68. The Bertz CT molecular complexity index is 976. The standard InChI is InChI=1S/C28H24/c1-3-11-21(12-4-1)23(22-13-5-2-6-14-22)19-20-28-26-17-9-7-15-24(26)25-16-8-10-18-27(25)28/h1-18,23,28H,19-20H2. The minimum atomic E-state index is 0.433. The van der Waals surface area contributed by atoms with Gasteiger partial charge >= 0.3 is 0 Å². The van der Waals surface area contributed by atoms with Crippen LogP contribution in [0, 0.1) is 0 Å². The molecule has 1 aliphatic rings. The topological polar surface area (TPSA) is 0 Å². The van der Waals surface area contributed by atoms with Gasteiger partial charge in [0.2, 0.25) is 0 Å². The van der Waals surface area contributed by atoms with E-state index in [1.807, 2.05) is 0 Å². The van der Waals surface area contributed by atoms with Gasteiger partial charge in [0.15, 0.2) is 0 Å². The van der Waals surface area contributed by atoms with Crippen molar-refractivity contribution in [3.63, 3.8) is 0 Å². The van der Waals surface area contributed by atoms with Crippen molar-refractivity contribution in [2.45, 2.75) is 24.7 Å². The van der Waals surface area contributed by atoms with Crippen LogP contribution in [0.5, 0.6) is 0 Å². The first-order valence-corrected chi connectivity index (χ1v) is 10.2. The molecule has 0 aliphatic heterocycles. The lowest BCUT2D eigenvalue weighted by molar-refractivity contribution is 0.619. The van der Waals surface area contributed by atoms with E-state index in [1.54, 1.807) is 0 Å². The SMILES string of the molecule is c1ccc(C(CCC2c3ccccc3-c3ccccc32)c2ccccc2)cc1. The van der Waals surface area contributed by atoms with Gasteiger partial charge in [-0.25, -0.2) is 0 Å². The third kappa shape index (κ3) is 3.05. The van der Waals surface area contributed by atoms with Gasteiger partial charge in [0.25, 0.3) is 0 Å². The zero-order valence-corrected chi connectivity index (χ0v) is 16.0. The number of rotatable bonds is 5. The highest BCUT2D eigenvalue weighted by molar-refractivity contribution is 5.78. The molecule has 0 bridgehead atoms. The molecule has 0 heteroatoms. The second-order valence-electron chi connectivity index (χ2n) is 7.68. The Morgan fingerprint density at radius 3 is 1.43 bits per heavy atom. The maximum Gasteiger partial charge on any atom is 0.0102 e. The van der Waals surface area contributed by atoms with E-state index in [-0.39, 0.29) is 0 Å². The summed E-state index contributed by atoms with van der Waals surface area (Å²) in [5.41, 5.74) is 8.63. The van der Waals surface area contributed by atoms with Gasteiger partial charge in [-0.2, -0.15) is 0 Å². The van der Waals surface area contributed by atoms with Crippen LogP contribution in [0.3, 0.4) is 0 Å². The van der Waals surface area contributed by atoms with E-state index in [4.69, 9.17) is 0 Å². The molecule has 0 amide bonds. The third-order valence-electron chi connectivity index (χ3n) is 6.11. The fourth-order valence-corrected chi connectivity index (χ4v) is 4.80. The van der Waals surface area contributed by atoms with E-state index in [2.05, 4.69) is 109 Å². The second kappa shape index (κ2) is 7.48. The first kappa shape index (κ1) is 17.0. The van der Waals surface area contributed by atoms with Crippen molar-refractivity contribution >= 4 is 0 Å². The van der Waals surface area contributed by atoms with Crippen LogP contribution in [0.1, 0.15) is 46.9 Å². The van der Waals surface area contributed by atoms with Crippen LogP contribution in [-0.2, 0) is 0 Å². The van der Waals surface area contributed by atoms with E-state index >= 15 is 0 Å². The highest BCUT2D eigenvalue weighted by atomic mass is 14.3. The van der Waals surface area contributed by atoms with E-state index < -0.39 is 0 Å². The van der Waals surface area contributed by atoms with Gasteiger partial charge in [0.05, 0.1) is 0 Å². The zero-order chi connectivity index (χ0) is 18.8. The zero-order valence-electron chi connectivity index (χ0n) is 16.0. The molecule has 0 spiro atoms. The van der Waals surface area contributed by atoms with Crippen LogP contribution in [0.25, 0.3) is 11.1 Å². The minimum Gasteiger partial charge on any atom is -0.0622 e. The quantitative estimate of drug-likeness (QED) is 0.347. The highest BCUT2D eigenvalue weighted by Crippen LogP contribution is 2.47.